The monoisotopic (exact) mass is 434 g/mol. The van der Waals surface area contributed by atoms with Crippen molar-refractivity contribution in [2.24, 2.45) is 0 Å². The average molecular weight is 435 g/mol. The van der Waals surface area contributed by atoms with E-state index >= 15 is 0 Å². The summed E-state index contributed by atoms with van der Waals surface area (Å²) in [4.78, 5) is 12.6. The van der Waals surface area contributed by atoms with Crippen LogP contribution >= 0.6 is 11.8 Å². The molecule has 0 radical (unpaired) electrons. The van der Waals surface area contributed by atoms with Crippen LogP contribution in [0.5, 0.6) is 5.75 Å². The molecule has 0 spiro atoms. The van der Waals surface area contributed by atoms with Gasteiger partial charge in [0.15, 0.2) is 6.10 Å². The molecule has 29 heavy (non-hydrogen) atoms. The standard InChI is InChI=1S/C21H26N2O4S2/c1-15-4-7-17(8-5-15)14-28-11-10-22-21(24)20-13-23(29(3,25)26)18-12-16(2)6-9-19(18)27-20/h4-9,12,20H,10-11,13-14H2,1-3H3,(H,22,24)/t20-/m0/s1. The maximum Gasteiger partial charge on any atom is 0.263 e. The molecular weight excluding hydrogens is 408 g/mol. The Morgan fingerprint density at radius 1 is 1.17 bits per heavy atom. The maximum absolute atomic E-state index is 12.6. The van der Waals surface area contributed by atoms with Crippen molar-refractivity contribution in [3.05, 3.63) is 59.2 Å². The topological polar surface area (TPSA) is 75.7 Å². The summed E-state index contributed by atoms with van der Waals surface area (Å²) >= 11 is 1.73. The first-order valence-corrected chi connectivity index (χ1v) is 12.4. The van der Waals surface area contributed by atoms with Crippen LogP contribution in [0.4, 0.5) is 5.69 Å². The number of thioether (sulfide) groups is 1. The number of aryl methyl sites for hydroxylation is 2. The van der Waals surface area contributed by atoms with E-state index in [1.807, 2.05) is 13.0 Å². The lowest BCUT2D eigenvalue weighted by atomic mass is 10.1. The zero-order chi connectivity index (χ0) is 21.0. The number of rotatable bonds is 7. The Balaban J connectivity index is 1.54. The fourth-order valence-electron chi connectivity index (χ4n) is 3.05. The van der Waals surface area contributed by atoms with Gasteiger partial charge < -0.3 is 10.1 Å². The van der Waals surface area contributed by atoms with Gasteiger partial charge in [0, 0.05) is 18.1 Å². The highest BCUT2D eigenvalue weighted by atomic mass is 32.2. The zero-order valence-corrected chi connectivity index (χ0v) is 18.5. The SMILES string of the molecule is Cc1ccc(CSCCNC(=O)[C@@H]2CN(S(C)(=O)=O)c3cc(C)ccc3O2)cc1. The molecule has 1 aliphatic heterocycles. The van der Waals surface area contributed by atoms with Crippen LogP contribution in [0, 0.1) is 13.8 Å². The third kappa shape index (κ3) is 5.67. The molecule has 8 heteroatoms. The van der Waals surface area contributed by atoms with Gasteiger partial charge in [0.05, 0.1) is 18.5 Å². The van der Waals surface area contributed by atoms with E-state index in [4.69, 9.17) is 4.74 Å². The first kappa shape index (κ1) is 21.5. The van der Waals surface area contributed by atoms with E-state index in [1.165, 1.54) is 15.4 Å². The van der Waals surface area contributed by atoms with Crippen LogP contribution in [-0.4, -0.2) is 45.5 Å². The van der Waals surface area contributed by atoms with Gasteiger partial charge in [-0.25, -0.2) is 8.42 Å². The minimum Gasteiger partial charge on any atom is -0.476 e. The van der Waals surface area contributed by atoms with Gasteiger partial charge in [0.25, 0.3) is 5.91 Å². The van der Waals surface area contributed by atoms with Crippen molar-refractivity contribution in [3.63, 3.8) is 0 Å². The molecular formula is C21H26N2O4S2. The second-order valence-corrected chi connectivity index (χ2v) is 10.2. The number of anilines is 1. The Hall–Kier alpha value is -2.19. The fraction of sp³-hybridized carbons (Fsp3) is 0.381. The number of nitrogens with one attached hydrogen (secondary N) is 1. The molecule has 3 rings (SSSR count). The van der Waals surface area contributed by atoms with Gasteiger partial charge in [-0.15, -0.1) is 0 Å². The lowest BCUT2D eigenvalue weighted by Crippen LogP contribution is -2.50. The van der Waals surface area contributed by atoms with E-state index in [1.54, 1.807) is 23.9 Å². The molecule has 1 aliphatic rings. The van der Waals surface area contributed by atoms with Crippen molar-refractivity contribution in [1.82, 2.24) is 5.32 Å². The van der Waals surface area contributed by atoms with E-state index in [9.17, 15) is 13.2 Å². The largest absolute Gasteiger partial charge is 0.476 e. The van der Waals surface area contributed by atoms with Gasteiger partial charge in [0.2, 0.25) is 10.0 Å². The van der Waals surface area contributed by atoms with Crippen molar-refractivity contribution >= 4 is 33.4 Å². The normalized spacial score (nSPS) is 16.1. The first-order chi connectivity index (χ1) is 13.7. The van der Waals surface area contributed by atoms with Gasteiger partial charge >= 0.3 is 0 Å². The van der Waals surface area contributed by atoms with Crippen molar-refractivity contribution < 1.29 is 17.9 Å². The average Bonchev–Trinajstić information content (AvgIpc) is 2.67. The molecule has 0 saturated heterocycles. The van der Waals surface area contributed by atoms with Crippen LogP contribution in [-0.2, 0) is 20.6 Å². The number of sulfonamides is 1. The van der Waals surface area contributed by atoms with Gasteiger partial charge in [-0.3, -0.25) is 9.10 Å². The maximum atomic E-state index is 12.6. The fourth-order valence-corrected chi connectivity index (χ4v) is 4.77. The molecule has 0 aromatic heterocycles. The van der Waals surface area contributed by atoms with E-state index in [2.05, 4.69) is 36.5 Å². The van der Waals surface area contributed by atoms with Crippen molar-refractivity contribution in [2.45, 2.75) is 25.7 Å². The van der Waals surface area contributed by atoms with Gasteiger partial charge in [-0.1, -0.05) is 35.9 Å². The van der Waals surface area contributed by atoms with Crippen LogP contribution in [0.3, 0.4) is 0 Å². The second kappa shape index (κ2) is 9.09. The first-order valence-electron chi connectivity index (χ1n) is 9.40. The predicted molar refractivity (Wildman–Crippen MR) is 118 cm³/mol. The number of hydrogen-bond acceptors (Lipinski definition) is 5. The molecule has 0 unspecified atom stereocenters. The van der Waals surface area contributed by atoms with Crippen molar-refractivity contribution in [2.75, 3.05) is 29.4 Å². The molecule has 156 valence electrons. The van der Waals surface area contributed by atoms with Gasteiger partial charge in [-0.2, -0.15) is 11.8 Å². The number of fused-ring (bicyclic) bond motifs is 1. The molecule has 0 aliphatic carbocycles. The molecule has 0 bridgehead atoms. The quantitative estimate of drug-likeness (QED) is 0.678. The molecule has 1 N–H and O–H groups in total. The summed E-state index contributed by atoms with van der Waals surface area (Å²) in [5, 5.41) is 2.86. The number of benzene rings is 2. The minimum atomic E-state index is -3.52. The minimum absolute atomic E-state index is 0.0301. The number of carbonyl (C=O) groups excluding carboxylic acids is 1. The van der Waals surface area contributed by atoms with Crippen LogP contribution in [0.2, 0.25) is 0 Å². The molecule has 1 atom stereocenters. The van der Waals surface area contributed by atoms with Gasteiger partial charge in [0.1, 0.15) is 5.75 Å². The Kier molecular flexibility index (Phi) is 6.74. The summed E-state index contributed by atoms with van der Waals surface area (Å²) in [5.74, 6) is 1.74. The highest BCUT2D eigenvalue weighted by Crippen LogP contribution is 2.35. The molecule has 6 nitrogen and oxygen atoms in total. The highest BCUT2D eigenvalue weighted by molar-refractivity contribution is 7.98. The molecule has 1 heterocycles. The molecule has 1 amide bonds. The van der Waals surface area contributed by atoms with Crippen molar-refractivity contribution in [1.29, 1.82) is 0 Å². The Bertz CT molecular complexity index is 975. The summed E-state index contributed by atoms with van der Waals surface area (Å²) in [5.41, 5.74) is 3.89. The molecule has 0 fully saturated rings. The Morgan fingerprint density at radius 2 is 1.86 bits per heavy atom. The number of nitrogens with zero attached hydrogens (tertiary/aromatic N) is 1. The van der Waals surface area contributed by atoms with Crippen LogP contribution < -0.4 is 14.4 Å². The molecule has 0 saturated carbocycles. The van der Waals surface area contributed by atoms with Crippen LogP contribution in [0.25, 0.3) is 0 Å². The molecule has 2 aromatic rings. The highest BCUT2D eigenvalue weighted by Gasteiger charge is 2.34. The lowest BCUT2D eigenvalue weighted by Gasteiger charge is -2.34. The van der Waals surface area contributed by atoms with E-state index < -0.39 is 16.1 Å². The zero-order valence-electron chi connectivity index (χ0n) is 16.8. The summed E-state index contributed by atoms with van der Waals surface area (Å²) in [6.07, 6.45) is 0.267. The molecule has 2 aromatic carbocycles. The summed E-state index contributed by atoms with van der Waals surface area (Å²) < 4.78 is 31.5. The summed E-state index contributed by atoms with van der Waals surface area (Å²) in [7, 11) is -3.52. The van der Waals surface area contributed by atoms with Crippen LogP contribution in [0.1, 0.15) is 16.7 Å². The lowest BCUT2D eigenvalue weighted by molar-refractivity contribution is -0.127. The smallest absolute Gasteiger partial charge is 0.263 e. The number of ether oxygens (including phenoxy) is 1. The van der Waals surface area contributed by atoms with Crippen LogP contribution in [0.15, 0.2) is 42.5 Å². The summed E-state index contributed by atoms with van der Waals surface area (Å²) in [6, 6.07) is 13.7. The number of hydrogen-bond donors (Lipinski definition) is 1. The van der Waals surface area contributed by atoms with Crippen molar-refractivity contribution in [3.8, 4) is 5.75 Å². The number of carbonyl (C=O) groups is 1. The summed E-state index contributed by atoms with van der Waals surface area (Å²) in [6.45, 7) is 4.41. The van der Waals surface area contributed by atoms with E-state index in [0.717, 1.165) is 23.3 Å². The second-order valence-electron chi connectivity index (χ2n) is 7.20. The Labute approximate surface area is 176 Å². The Morgan fingerprint density at radius 3 is 2.55 bits per heavy atom. The van der Waals surface area contributed by atoms with E-state index in [-0.39, 0.29) is 12.5 Å². The predicted octanol–water partition coefficient (Wildman–Crippen LogP) is 2.88. The number of amides is 1. The van der Waals surface area contributed by atoms with E-state index in [0.29, 0.717) is 18.0 Å². The third-order valence-electron chi connectivity index (χ3n) is 4.61. The third-order valence-corrected chi connectivity index (χ3v) is 6.79. The van der Waals surface area contributed by atoms with Gasteiger partial charge in [-0.05, 0) is 37.1 Å².